The lowest BCUT2D eigenvalue weighted by Gasteiger charge is -2.42. The van der Waals surface area contributed by atoms with Gasteiger partial charge in [0.15, 0.2) is 5.60 Å². The normalized spacial score (nSPS) is 18.6. The molecule has 1 aromatic carbocycles. The predicted molar refractivity (Wildman–Crippen MR) is 68.2 cm³/mol. The Morgan fingerprint density at radius 3 is 2.55 bits per heavy atom. The van der Waals surface area contributed by atoms with Crippen LogP contribution in [-0.2, 0) is 20.6 Å². The fourth-order valence-electron chi connectivity index (χ4n) is 1.80. The third-order valence-electron chi connectivity index (χ3n) is 3.00. The van der Waals surface area contributed by atoms with Crippen LogP contribution in [0.15, 0.2) is 18.2 Å². The zero-order valence-corrected chi connectivity index (χ0v) is 11.7. The standard InChI is InChI=1S/C11H11ClFNO5S/c12-8-3-7(1-2-9(8)13)4-20(18,19)14-5-11(17,6-14)10(15)16/h1-3,17H,4-6H2,(H,15,16). The number of nitrogens with zero attached hydrogens (tertiary/aromatic N) is 1. The van der Waals surface area contributed by atoms with Crippen molar-refractivity contribution in [1.29, 1.82) is 0 Å². The molecule has 6 nitrogen and oxygen atoms in total. The van der Waals surface area contributed by atoms with Gasteiger partial charge in [-0.05, 0) is 17.7 Å². The van der Waals surface area contributed by atoms with Gasteiger partial charge >= 0.3 is 5.97 Å². The van der Waals surface area contributed by atoms with Crippen LogP contribution in [0.1, 0.15) is 5.56 Å². The SMILES string of the molecule is O=C(O)C1(O)CN(S(=O)(=O)Cc2ccc(F)c(Cl)c2)C1. The van der Waals surface area contributed by atoms with E-state index >= 15 is 0 Å². The number of aliphatic carboxylic acids is 1. The van der Waals surface area contributed by atoms with Gasteiger partial charge in [-0.3, -0.25) is 0 Å². The molecule has 1 aliphatic heterocycles. The Labute approximate surface area is 119 Å². The van der Waals surface area contributed by atoms with Crippen LogP contribution in [0.4, 0.5) is 4.39 Å². The number of hydrogen-bond acceptors (Lipinski definition) is 4. The molecular weight excluding hydrogens is 313 g/mol. The van der Waals surface area contributed by atoms with Crippen LogP contribution >= 0.6 is 11.6 Å². The summed E-state index contributed by atoms with van der Waals surface area (Å²) in [6.45, 7) is -1.00. The first-order valence-corrected chi connectivity index (χ1v) is 7.50. The second kappa shape index (κ2) is 4.96. The third-order valence-corrected chi connectivity index (χ3v) is 5.03. The summed E-state index contributed by atoms with van der Waals surface area (Å²) >= 11 is 5.56. The molecule has 0 radical (unpaired) electrons. The van der Waals surface area contributed by atoms with Gasteiger partial charge in [0.05, 0.1) is 23.9 Å². The summed E-state index contributed by atoms with van der Waals surface area (Å²) in [5.41, 5.74) is -1.75. The molecule has 0 aromatic heterocycles. The van der Waals surface area contributed by atoms with Crippen LogP contribution in [0.5, 0.6) is 0 Å². The molecule has 9 heteroatoms. The minimum absolute atomic E-state index is 0.191. The predicted octanol–water partition coefficient (Wildman–Crippen LogP) is 0.440. The van der Waals surface area contributed by atoms with Gasteiger partial charge in [0.1, 0.15) is 5.82 Å². The van der Waals surface area contributed by atoms with Gasteiger partial charge in [-0.1, -0.05) is 17.7 Å². The molecule has 1 saturated heterocycles. The van der Waals surface area contributed by atoms with E-state index in [0.29, 0.717) is 0 Å². The van der Waals surface area contributed by atoms with Gasteiger partial charge < -0.3 is 10.2 Å². The summed E-state index contributed by atoms with van der Waals surface area (Å²) < 4.78 is 37.8. The van der Waals surface area contributed by atoms with Gasteiger partial charge in [0.25, 0.3) is 0 Å². The van der Waals surface area contributed by atoms with E-state index in [1.807, 2.05) is 0 Å². The summed E-state index contributed by atoms with van der Waals surface area (Å²) in [5.74, 6) is -2.56. The van der Waals surface area contributed by atoms with Crippen LogP contribution in [0.25, 0.3) is 0 Å². The maximum Gasteiger partial charge on any atom is 0.338 e. The molecule has 2 N–H and O–H groups in total. The van der Waals surface area contributed by atoms with Crippen LogP contribution in [0.3, 0.4) is 0 Å². The van der Waals surface area contributed by atoms with E-state index < -0.39 is 46.3 Å². The van der Waals surface area contributed by atoms with E-state index in [-0.39, 0.29) is 10.6 Å². The summed E-state index contributed by atoms with van der Waals surface area (Å²) in [6.07, 6.45) is 0. The Morgan fingerprint density at radius 1 is 1.45 bits per heavy atom. The van der Waals surface area contributed by atoms with Gasteiger partial charge in [-0.2, -0.15) is 4.31 Å². The van der Waals surface area contributed by atoms with Crippen molar-refractivity contribution in [2.75, 3.05) is 13.1 Å². The first-order valence-electron chi connectivity index (χ1n) is 5.52. The Hall–Kier alpha value is -1.22. The first kappa shape index (κ1) is 15.2. The lowest BCUT2D eigenvalue weighted by molar-refractivity contribution is -0.170. The van der Waals surface area contributed by atoms with Crippen molar-refractivity contribution in [3.63, 3.8) is 0 Å². The number of aliphatic hydroxyl groups is 1. The maximum absolute atomic E-state index is 13.0. The second-order valence-corrected chi connectivity index (χ2v) is 6.99. The van der Waals surface area contributed by atoms with E-state index in [1.165, 1.54) is 12.1 Å². The van der Waals surface area contributed by atoms with E-state index in [1.54, 1.807) is 0 Å². The molecule has 0 unspecified atom stereocenters. The molecule has 0 bridgehead atoms. The van der Waals surface area contributed by atoms with Crippen molar-refractivity contribution < 1.29 is 27.8 Å². The summed E-state index contributed by atoms with van der Waals surface area (Å²) in [7, 11) is -3.78. The molecule has 0 saturated carbocycles. The van der Waals surface area contributed by atoms with Crippen LogP contribution < -0.4 is 0 Å². The maximum atomic E-state index is 13.0. The first-order chi connectivity index (χ1) is 9.14. The zero-order valence-electron chi connectivity index (χ0n) is 10.1. The van der Waals surface area contributed by atoms with Crippen LogP contribution in [0.2, 0.25) is 5.02 Å². The number of benzene rings is 1. The van der Waals surface area contributed by atoms with Crippen molar-refractivity contribution >= 4 is 27.6 Å². The molecule has 110 valence electrons. The molecule has 0 amide bonds. The van der Waals surface area contributed by atoms with E-state index in [9.17, 15) is 22.7 Å². The van der Waals surface area contributed by atoms with Crippen molar-refractivity contribution in [3.05, 3.63) is 34.6 Å². The third kappa shape index (κ3) is 2.78. The minimum Gasteiger partial charge on any atom is -0.479 e. The van der Waals surface area contributed by atoms with Crippen LogP contribution in [-0.4, -0.2) is 47.6 Å². The lowest BCUT2D eigenvalue weighted by Crippen LogP contribution is -2.67. The highest BCUT2D eigenvalue weighted by Gasteiger charge is 2.52. The number of carboxylic acids is 1. The number of halogens is 2. The number of β-amino-alcohol motifs (C(OH)–C–C–N with tert-alkyl or cyclic N) is 1. The number of carbonyl (C=O) groups is 1. The minimum atomic E-state index is -3.78. The lowest BCUT2D eigenvalue weighted by atomic mass is 9.98. The average molecular weight is 324 g/mol. The van der Waals surface area contributed by atoms with Gasteiger partial charge in [0, 0.05) is 0 Å². The second-order valence-electron chi connectivity index (χ2n) is 4.61. The van der Waals surface area contributed by atoms with E-state index in [4.69, 9.17) is 16.7 Å². The van der Waals surface area contributed by atoms with Gasteiger partial charge in [-0.15, -0.1) is 0 Å². The van der Waals surface area contributed by atoms with Crippen molar-refractivity contribution in [1.82, 2.24) is 4.31 Å². The molecule has 0 aliphatic carbocycles. The monoisotopic (exact) mass is 323 g/mol. The van der Waals surface area contributed by atoms with Crippen LogP contribution in [0, 0.1) is 5.82 Å². The average Bonchev–Trinajstić information content (AvgIpc) is 2.29. The number of sulfonamides is 1. The highest BCUT2D eigenvalue weighted by atomic mass is 35.5. The largest absolute Gasteiger partial charge is 0.479 e. The smallest absolute Gasteiger partial charge is 0.338 e. The summed E-state index contributed by atoms with van der Waals surface area (Å²) in [4.78, 5) is 10.7. The molecule has 1 aliphatic rings. The van der Waals surface area contributed by atoms with E-state index in [0.717, 1.165) is 10.4 Å². The topological polar surface area (TPSA) is 94.9 Å². The highest BCUT2D eigenvalue weighted by Crippen LogP contribution is 2.27. The fourth-order valence-corrected chi connectivity index (χ4v) is 3.61. The number of hydrogen-bond donors (Lipinski definition) is 2. The Bertz CT molecular complexity index is 657. The molecule has 0 atom stereocenters. The van der Waals surface area contributed by atoms with Crippen molar-refractivity contribution in [2.45, 2.75) is 11.4 Å². The number of carboxylic acid groups (broad SMARTS) is 1. The van der Waals surface area contributed by atoms with Crippen molar-refractivity contribution in [3.8, 4) is 0 Å². The Balaban J connectivity index is 2.10. The molecule has 1 aromatic rings. The summed E-state index contributed by atoms with van der Waals surface area (Å²) in [6, 6.07) is 3.52. The molecule has 1 fully saturated rings. The fraction of sp³-hybridized carbons (Fsp3) is 0.364. The zero-order chi connectivity index (χ0) is 15.1. The van der Waals surface area contributed by atoms with E-state index in [2.05, 4.69) is 0 Å². The molecular formula is C11H11ClFNO5S. The van der Waals surface area contributed by atoms with Gasteiger partial charge in [0.2, 0.25) is 10.0 Å². The summed E-state index contributed by atoms with van der Waals surface area (Å²) in [5, 5.41) is 18.0. The molecule has 20 heavy (non-hydrogen) atoms. The molecule has 2 rings (SSSR count). The van der Waals surface area contributed by atoms with Crippen molar-refractivity contribution in [2.24, 2.45) is 0 Å². The van der Waals surface area contributed by atoms with Gasteiger partial charge in [-0.25, -0.2) is 17.6 Å². The molecule has 1 heterocycles. The molecule has 0 spiro atoms. The Morgan fingerprint density at radius 2 is 2.05 bits per heavy atom. The number of rotatable bonds is 4. The highest BCUT2D eigenvalue weighted by molar-refractivity contribution is 7.88. The quantitative estimate of drug-likeness (QED) is 0.838. The Kier molecular flexibility index (Phi) is 3.76.